The largest absolute Gasteiger partial charge is 0.317 e. The van der Waals surface area contributed by atoms with E-state index in [0.29, 0.717) is 5.56 Å². The maximum Gasteiger partial charge on any atom is 0.242 e. The average molecular weight is 303 g/mol. The molecular weight excluding hydrogens is 286 g/mol. The molecule has 0 radical (unpaired) electrons. The number of fused-ring (bicyclic) bond motifs is 2. The topological polar surface area (TPSA) is 56.1 Å². The SMILES string of the molecule is N#Cc1ccc(N2C(=O)C3(CCNCC3)c3ccccc32)cc1. The van der Waals surface area contributed by atoms with Gasteiger partial charge < -0.3 is 5.32 Å². The lowest BCUT2D eigenvalue weighted by Gasteiger charge is -2.33. The van der Waals surface area contributed by atoms with Crippen LogP contribution in [0.5, 0.6) is 0 Å². The zero-order valence-corrected chi connectivity index (χ0v) is 12.7. The lowest BCUT2D eigenvalue weighted by Crippen LogP contribution is -2.46. The van der Waals surface area contributed by atoms with Crippen LogP contribution in [0.15, 0.2) is 48.5 Å². The molecule has 2 aliphatic rings. The van der Waals surface area contributed by atoms with Crippen molar-refractivity contribution in [2.75, 3.05) is 18.0 Å². The molecule has 4 rings (SSSR count). The van der Waals surface area contributed by atoms with Crippen molar-refractivity contribution < 1.29 is 4.79 Å². The van der Waals surface area contributed by atoms with Gasteiger partial charge in [-0.3, -0.25) is 9.69 Å². The monoisotopic (exact) mass is 303 g/mol. The number of amides is 1. The van der Waals surface area contributed by atoms with Crippen LogP contribution in [0.3, 0.4) is 0 Å². The van der Waals surface area contributed by atoms with Crippen LogP contribution in [0.2, 0.25) is 0 Å². The third kappa shape index (κ3) is 1.97. The van der Waals surface area contributed by atoms with Gasteiger partial charge in [-0.05, 0) is 61.8 Å². The van der Waals surface area contributed by atoms with E-state index in [1.54, 1.807) is 12.1 Å². The second-order valence-corrected chi connectivity index (χ2v) is 6.15. The molecule has 0 aliphatic carbocycles. The van der Waals surface area contributed by atoms with Gasteiger partial charge >= 0.3 is 0 Å². The Kier molecular flexibility index (Phi) is 3.17. The number of nitrogens with one attached hydrogen (secondary N) is 1. The normalized spacial score (nSPS) is 18.7. The van der Waals surface area contributed by atoms with Crippen molar-refractivity contribution in [1.82, 2.24) is 5.32 Å². The number of hydrogen-bond donors (Lipinski definition) is 1. The number of benzene rings is 2. The maximum atomic E-state index is 13.3. The fourth-order valence-corrected chi connectivity index (χ4v) is 3.79. The van der Waals surface area contributed by atoms with Gasteiger partial charge in [0.25, 0.3) is 0 Å². The molecule has 1 N–H and O–H groups in total. The van der Waals surface area contributed by atoms with Crippen molar-refractivity contribution in [1.29, 1.82) is 5.26 Å². The Morgan fingerprint density at radius 1 is 1.04 bits per heavy atom. The summed E-state index contributed by atoms with van der Waals surface area (Å²) in [6.07, 6.45) is 1.66. The molecule has 0 saturated carbocycles. The van der Waals surface area contributed by atoms with Crippen molar-refractivity contribution >= 4 is 17.3 Å². The molecule has 1 spiro atoms. The van der Waals surface area contributed by atoms with Crippen LogP contribution in [0.1, 0.15) is 24.0 Å². The van der Waals surface area contributed by atoms with E-state index in [2.05, 4.69) is 17.5 Å². The van der Waals surface area contributed by atoms with Crippen LogP contribution in [0.25, 0.3) is 0 Å². The predicted octanol–water partition coefficient (Wildman–Crippen LogP) is 2.86. The van der Waals surface area contributed by atoms with Gasteiger partial charge in [0.1, 0.15) is 0 Å². The molecule has 0 unspecified atom stereocenters. The molecule has 4 heteroatoms. The van der Waals surface area contributed by atoms with Gasteiger partial charge in [-0.1, -0.05) is 18.2 Å². The highest BCUT2D eigenvalue weighted by atomic mass is 16.2. The summed E-state index contributed by atoms with van der Waals surface area (Å²) in [5.41, 5.74) is 3.14. The van der Waals surface area contributed by atoms with Gasteiger partial charge in [-0.15, -0.1) is 0 Å². The standard InChI is InChI=1S/C19H17N3O/c20-13-14-5-7-15(8-6-14)22-17-4-2-1-3-16(17)19(18(22)23)9-11-21-12-10-19/h1-8,21H,9-12H2. The third-order valence-electron chi connectivity index (χ3n) is 4.98. The van der Waals surface area contributed by atoms with Gasteiger partial charge in [0.15, 0.2) is 0 Å². The third-order valence-corrected chi connectivity index (χ3v) is 4.98. The number of hydrogen-bond acceptors (Lipinski definition) is 3. The highest BCUT2D eigenvalue weighted by Gasteiger charge is 2.51. The molecule has 1 fully saturated rings. The summed E-state index contributed by atoms with van der Waals surface area (Å²) >= 11 is 0. The summed E-state index contributed by atoms with van der Waals surface area (Å²) in [6.45, 7) is 1.72. The molecule has 2 aromatic carbocycles. The van der Waals surface area contributed by atoms with Crippen molar-refractivity contribution in [2.24, 2.45) is 0 Å². The highest BCUT2D eigenvalue weighted by Crippen LogP contribution is 2.49. The van der Waals surface area contributed by atoms with Crippen molar-refractivity contribution in [2.45, 2.75) is 18.3 Å². The zero-order chi connectivity index (χ0) is 15.9. The van der Waals surface area contributed by atoms with Gasteiger partial charge in [0.2, 0.25) is 5.91 Å². The molecule has 2 aliphatic heterocycles. The van der Waals surface area contributed by atoms with E-state index in [9.17, 15) is 4.79 Å². The van der Waals surface area contributed by atoms with E-state index in [1.165, 1.54) is 0 Å². The highest BCUT2D eigenvalue weighted by molar-refractivity contribution is 6.13. The number of carbonyl (C=O) groups excluding carboxylic acids is 1. The average Bonchev–Trinajstić information content (AvgIpc) is 2.85. The molecule has 0 bridgehead atoms. The second kappa shape index (κ2) is 5.22. The van der Waals surface area contributed by atoms with E-state index in [4.69, 9.17) is 5.26 Å². The minimum atomic E-state index is -0.407. The lowest BCUT2D eigenvalue weighted by atomic mass is 9.74. The molecule has 2 aromatic rings. The molecule has 0 atom stereocenters. The molecule has 4 nitrogen and oxygen atoms in total. The van der Waals surface area contributed by atoms with E-state index in [-0.39, 0.29) is 5.91 Å². The summed E-state index contributed by atoms with van der Waals surface area (Å²) in [5, 5.41) is 12.3. The first-order valence-corrected chi connectivity index (χ1v) is 7.91. The van der Waals surface area contributed by atoms with Gasteiger partial charge in [-0.25, -0.2) is 0 Å². The summed E-state index contributed by atoms with van der Waals surface area (Å²) in [6, 6.07) is 17.4. The summed E-state index contributed by atoms with van der Waals surface area (Å²) in [4.78, 5) is 15.1. The Labute approximate surface area is 135 Å². The van der Waals surface area contributed by atoms with Crippen LogP contribution in [-0.2, 0) is 10.2 Å². The van der Waals surface area contributed by atoms with Crippen LogP contribution < -0.4 is 10.2 Å². The van der Waals surface area contributed by atoms with Crippen LogP contribution in [-0.4, -0.2) is 19.0 Å². The Bertz CT molecular complexity index is 798. The Morgan fingerprint density at radius 3 is 2.43 bits per heavy atom. The first kappa shape index (κ1) is 14.0. The number of nitriles is 1. The van der Waals surface area contributed by atoms with Crippen LogP contribution >= 0.6 is 0 Å². The van der Waals surface area contributed by atoms with Crippen molar-refractivity contribution in [3.05, 3.63) is 59.7 Å². The molecule has 2 heterocycles. The summed E-state index contributed by atoms with van der Waals surface area (Å²) in [7, 11) is 0. The van der Waals surface area contributed by atoms with Gasteiger partial charge in [-0.2, -0.15) is 5.26 Å². The molecule has 1 saturated heterocycles. The van der Waals surface area contributed by atoms with E-state index < -0.39 is 5.41 Å². The first-order chi connectivity index (χ1) is 11.3. The van der Waals surface area contributed by atoms with Crippen molar-refractivity contribution in [3.8, 4) is 6.07 Å². The number of nitrogens with zero attached hydrogens (tertiary/aromatic N) is 2. The van der Waals surface area contributed by atoms with E-state index in [0.717, 1.165) is 42.9 Å². The second-order valence-electron chi connectivity index (χ2n) is 6.15. The quantitative estimate of drug-likeness (QED) is 0.881. The Morgan fingerprint density at radius 2 is 1.74 bits per heavy atom. The Balaban J connectivity index is 1.85. The number of para-hydroxylation sites is 1. The number of rotatable bonds is 1. The van der Waals surface area contributed by atoms with Crippen LogP contribution in [0.4, 0.5) is 11.4 Å². The molecule has 23 heavy (non-hydrogen) atoms. The number of piperidine rings is 1. The Hall–Kier alpha value is -2.64. The minimum absolute atomic E-state index is 0.157. The molecular formula is C19H17N3O. The fraction of sp³-hybridized carbons (Fsp3) is 0.263. The summed E-state index contributed by atoms with van der Waals surface area (Å²) < 4.78 is 0. The van der Waals surface area contributed by atoms with Crippen molar-refractivity contribution in [3.63, 3.8) is 0 Å². The van der Waals surface area contributed by atoms with Gasteiger partial charge in [0, 0.05) is 5.69 Å². The van der Waals surface area contributed by atoms with E-state index >= 15 is 0 Å². The minimum Gasteiger partial charge on any atom is -0.317 e. The van der Waals surface area contributed by atoms with E-state index in [1.807, 2.05) is 35.2 Å². The van der Waals surface area contributed by atoms with Crippen LogP contribution in [0, 0.1) is 11.3 Å². The number of anilines is 2. The van der Waals surface area contributed by atoms with Gasteiger partial charge in [0.05, 0.1) is 22.7 Å². The molecule has 114 valence electrons. The maximum absolute atomic E-state index is 13.3. The smallest absolute Gasteiger partial charge is 0.242 e. The zero-order valence-electron chi connectivity index (χ0n) is 12.7. The summed E-state index contributed by atoms with van der Waals surface area (Å²) in [5.74, 6) is 0.157. The molecule has 1 amide bonds. The fourth-order valence-electron chi connectivity index (χ4n) is 3.79. The number of carbonyl (C=O) groups is 1. The first-order valence-electron chi connectivity index (χ1n) is 7.91. The molecule has 0 aromatic heterocycles. The predicted molar refractivity (Wildman–Crippen MR) is 88.5 cm³/mol. The lowest BCUT2D eigenvalue weighted by molar-refractivity contribution is -0.123.